The molecule has 98 valence electrons. The van der Waals surface area contributed by atoms with Gasteiger partial charge in [-0.15, -0.1) is 0 Å². The zero-order chi connectivity index (χ0) is 12.5. The molecule has 0 bridgehead atoms. The van der Waals surface area contributed by atoms with Crippen molar-refractivity contribution in [2.45, 2.75) is 32.4 Å². The van der Waals surface area contributed by atoms with E-state index in [-0.39, 0.29) is 0 Å². The van der Waals surface area contributed by atoms with Gasteiger partial charge in [0.05, 0.1) is 6.61 Å². The zero-order valence-corrected chi connectivity index (χ0v) is 11.3. The van der Waals surface area contributed by atoms with E-state index >= 15 is 0 Å². The summed E-state index contributed by atoms with van der Waals surface area (Å²) in [6.45, 7) is 6.53. The predicted octanol–water partition coefficient (Wildman–Crippen LogP) is 1.30. The topological polar surface area (TPSA) is 49.8 Å². The van der Waals surface area contributed by atoms with Crippen molar-refractivity contribution in [3.63, 3.8) is 0 Å². The second-order valence-corrected chi connectivity index (χ2v) is 6.76. The van der Waals surface area contributed by atoms with E-state index in [2.05, 4.69) is 18.7 Å². The highest BCUT2D eigenvalue weighted by molar-refractivity contribution is 7.99. The van der Waals surface area contributed by atoms with Crippen LogP contribution in [0, 0.1) is 5.41 Å². The summed E-state index contributed by atoms with van der Waals surface area (Å²) < 4.78 is 5.26. The molecule has 0 aromatic carbocycles. The number of thioether (sulfide) groups is 1. The van der Waals surface area contributed by atoms with Crippen molar-refractivity contribution in [3.8, 4) is 0 Å². The molecule has 0 aromatic rings. The number of aliphatic carboxylic acids is 1. The molecule has 0 radical (unpaired) electrons. The lowest BCUT2D eigenvalue weighted by Gasteiger charge is -2.43. The van der Waals surface area contributed by atoms with E-state index in [1.54, 1.807) is 0 Å². The molecular formula is C12H21NO3S. The summed E-state index contributed by atoms with van der Waals surface area (Å²) in [5, 5.41) is 9.00. The summed E-state index contributed by atoms with van der Waals surface area (Å²) in [7, 11) is 0. The van der Waals surface area contributed by atoms with Gasteiger partial charge in [-0.05, 0) is 17.6 Å². The molecular weight excluding hydrogens is 238 g/mol. The van der Waals surface area contributed by atoms with Gasteiger partial charge in [0.2, 0.25) is 0 Å². The first-order valence-electron chi connectivity index (χ1n) is 6.14. The smallest absolute Gasteiger partial charge is 0.334 e. The van der Waals surface area contributed by atoms with Gasteiger partial charge in [-0.1, -0.05) is 13.8 Å². The standard InChI is InChI=1S/C12H21NO3S/c1-12(2)5-9(7-17-8-12)13-3-4-16-10(6-13)11(14)15/h9-10H,3-8H2,1-2H3,(H,14,15). The van der Waals surface area contributed by atoms with E-state index in [4.69, 9.17) is 9.84 Å². The maximum Gasteiger partial charge on any atom is 0.334 e. The molecule has 2 atom stereocenters. The normalized spacial score (nSPS) is 34.5. The molecule has 0 spiro atoms. The molecule has 2 unspecified atom stereocenters. The number of carboxylic acid groups (broad SMARTS) is 1. The van der Waals surface area contributed by atoms with Gasteiger partial charge >= 0.3 is 5.97 Å². The number of hydrogen-bond acceptors (Lipinski definition) is 4. The average Bonchev–Trinajstić information content (AvgIpc) is 2.28. The number of rotatable bonds is 2. The SMILES string of the molecule is CC1(C)CSCC(N2CCOC(C(=O)O)C2)C1. The number of nitrogens with zero attached hydrogens (tertiary/aromatic N) is 1. The van der Waals surface area contributed by atoms with Gasteiger partial charge in [-0.25, -0.2) is 4.79 Å². The predicted molar refractivity (Wildman–Crippen MR) is 68.5 cm³/mol. The second-order valence-electron chi connectivity index (χ2n) is 5.73. The third-order valence-corrected chi connectivity index (χ3v) is 5.09. The van der Waals surface area contributed by atoms with Crippen molar-refractivity contribution >= 4 is 17.7 Å². The zero-order valence-electron chi connectivity index (χ0n) is 10.5. The van der Waals surface area contributed by atoms with Crippen molar-refractivity contribution in [1.29, 1.82) is 0 Å². The minimum atomic E-state index is -0.836. The van der Waals surface area contributed by atoms with E-state index in [9.17, 15) is 4.79 Å². The summed E-state index contributed by atoms with van der Waals surface area (Å²) >= 11 is 1.98. The maximum atomic E-state index is 11.0. The third-order valence-electron chi connectivity index (χ3n) is 3.48. The molecule has 5 heteroatoms. The maximum absolute atomic E-state index is 11.0. The summed E-state index contributed by atoms with van der Waals surface area (Å²) in [5.41, 5.74) is 0.366. The van der Waals surface area contributed by atoms with Crippen molar-refractivity contribution in [1.82, 2.24) is 4.90 Å². The summed E-state index contributed by atoms with van der Waals surface area (Å²) in [5.74, 6) is 1.49. The molecule has 0 aromatic heterocycles. The van der Waals surface area contributed by atoms with Gasteiger partial charge in [-0.2, -0.15) is 11.8 Å². The Hall–Kier alpha value is -0.260. The summed E-state index contributed by atoms with van der Waals surface area (Å²) in [4.78, 5) is 13.3. The highest BCUT2D eigenvalue weighted by Gasteiger charge is 2.35. The lowest BCUT2D eigenvalue weighted by molar-refractivity contribution is -0.157. The van der Waals surface area contributed by atoms with Crippen LogP contribution in [0.15, 0.2) is 0 Å². The van der Waals surface area contributed by atoms with Crippen LogP contribution in [0.1, 0.15) is 20.3 Å². The van der Waals surface area contributed by atoms with Gasteiger partial charge in [-0.3, -0.25) is 4.90 Å². The Morgan fingerprint density at radius 3 is 2.94 bits per heavy atom. The van der Waals surface area contributed by atoms with Gasteiger partial charge in [0.25, 0.3) is 0 Å². The Morgan fingerprint density at radius 2 is 2.29 bits per heavy atom. The molecule has 2 saturated heterocycles. The Bertz CT molecular complexity index is 295. The second kappa shape index (κ2) is 5.16. The molecule has 0 amide bonds. The number of morpholine rings is 1. The molecule has 0 saturated carbocycles. The van der Waals surface area contributed by atoms with Crippen LogP contribution in [0.25, 0.3) is 0 Å². The number of carboxylic acids is 1. The molecule has 2 fully saturated rings. The van der Waals surface area contributed by atoms with Gasteiger partial charge < -0.3 is 9.84 Å². The molecule has 2 aliphatic rings. The lowest BCUT2D eigenvalue weighted by Crippen LogP contribution is -2.53. The summed E-state index contributed by atoms with van der Waals surface area (Å²) in [6, 6.07) is 0.509. The van der Waals surface area contributed by atoms with E-state index in [1.807, 2.05) is 11.8 Å². The molecule has 17 heavy (non-hydrogen) atoms. The van der Waals surface area contributed by atoms with Crippen LogP contribution in [0.3, 0.4) is 0 Å². The highest BCUT2D eigenvalue weighted by Crippen LogP contribution is 2.36. The van der Waals surface area contributed by atoms with Crippen LogP contribution in [0.2, 0.25) is 0 Å². The van der Waals surface area contributed by atoms with E-state index in [0.29, 0.717) is 24.6 Å². The van der Waals surface area contributed by atoms with E-state index < -0.39 is 12.1 Å². The largest absolute Gasteiger partial charge is 0.479 e. The van der Waals surface area contributed by atoms with Gasteiger partial charge in [0, 0.05) is 24.9 Å². The van der Waals surface area contributed by atoms with E-state index in [1.165, 1.54) is 5.75 Å². The Kier molecular flexibility index (Phi) is 4.00. The Morgan fingerprint density at radius 1 is 1.53 bits per heavy atom. The minimum Gasteiger partial charge on any atom is -0.479 e. The van der Waals surface area contributed by atoms with E-state index in [0.717, 1.165) is 18.7 Å². The first-order chi connectivity index (χ1) is 7.98. The first kappa shape index (κ1) is 13.2. The monoisotopic (exact) mass is 259 g/mol. The molecule has 2 aliphatic heterocycles. The number of ether oxygens (including phenoxy) is 1. The van der Waals surface area contributed by atoms with Crippen molar-refractivity contribution < 1.29 is 14.6 Å². The van der Waals surface area contributed by atoms with Crippen LogP contribution in [-0.4, -0.2) is 59.3 Å². The number of hydrogen-bond donors (Lipinski definition) is 1. The average molecular weight is 259 g/mol. The van der Waals surface area contributed by atoms with Crippen molar-refractivity contribution in [3.05, 3.63) is 0 Å². The molecule has 2 heterocycles. The van der Waals surface area contributed by atoms with Crippen LogP contribution in [0.5, 0.6) is 0 Å². The quantitative estimate of drug-likeness (QED) is 0.810. The Balaban J connectivity index is 1.95. The minimum absolute atomic E-state index is 0.366. The fraction of sp³-hybridized carbons (Fsp3) is 0.917. The summed E-state index contributed by atoms with van der Waals surface area (Å²) in [6.07, 6.45) is 0.519. The molecule has 4 nitrogen and oxygen atoms in total. The highest BCUT2D eigenvalue weighted by atomic mass is 32.2. The van der Waals surface area contributed by atoms with Crippen molar-refractivity contribution in [2.24, 2.45) is 5.41 Å². The van der Waals surface area contributed by atoms with Gasteiger partial charge in [0.1, 0.15) is 0 Å². The molecule has 0 aliphatic carbocycles. The van der Waals surface area contributed by atoms with Crippen LogP contribution < -0.4 is 0 Å². The lowest BCUT2D eigenvalue weighted by atomic mass is 9.87. The fourth-order valence-electron chi connectivity index (χ4n) is 2.61. The molecule has 1 N–H and O–H groups in total. The fourth-order valence-corrected chi connectivity index (χ4v) is 4.00. The van der Waals surface area contributed by atoms with Crippen molar-refractivity contribution in [2.75, 3.05) is 31.2 Å². The van der Waals surface area contributed by atoms with Gasteiger partial charge in [0.15, 0.2) is 6.10 Å². The number of carbonyl (C=O) groups is 1. The third kappa shape index (κ3) is 3.36. The Labute approximate surface area is 107 Å². The van der Waals surface area contributed by atoms with Crippen LogP contribution in [0.4, 0.5) is 0 Å². The first-order valence-corrected chi connectivity index (χ1v) is 7.30. The van der Waals surface area contributed by atoms with Crippen LogP contribution >= 0.6 is 11.8 Å². The van der Waals surface area contributed by atoms with Crippen LogP contribution in [-0.2, 0) is 9.53 Å². The molecule has 2 rings (SSSR count).